The number of nitrogens with one attached hydrogen (secondary N) is 1. The van der Waals surface area contributed by atoms with Crippen LogP contribution >= 0.6 is 0 Å². The Morgan fingerprint density at radius 2 is 2.19 bits per heavy atom. The highest BCUT2D eigenvalue weighted by atomic mass is 16.6. The molecule has 1 N–H and O–H groups in total. The first-order valence-corrected chi connectivity index (χ1v) is 7.05. The Bertz CT molecular complexity index is 634. The number of non-ortho nitro benzene ring substituents is 1. The van der Waals surface area contributed by atoms with Crippen LogP contribution in [0.25, 0.3) is 0 Å². The van der Waals surface area contributed by atoms with Crippen molar-refractivity contribution in [2.75, 3.05) is 11.9 Å². The van der Waals surface area contributed by atoms with Gasteiger partial charge in [0.05, 0.1) is 11.5 Å². The van der Waals surface area contributed by atoms with Crippen molar-refractivity contribution in [1.82, 2.24) is 9.55 Å². The highest BCUT2D eigenvalue weighted by Gasteiger charge is 2.13. The van der Waals surface area contributed by atoms with Crippen molar-refractivity contribution in [2.24, 2.45) is 0 Å². The van der Waals surface area contributed by atoms with Gasteiger partial charge in [0, 0.05) is 48.2 Å². The molecule has 1 aromatic carbocycles. The van der Waals surface area contributed by atoms with Crippen LogP contribution in [0.1, 0.15) is 38.1 Å². The smallest absolute Gasteiger partial charge is 0.269 e. The summed E-state index contributed by atoms with van der Waals surface area (Å²) in [6.07, 6.45) is 3.67. The molecule has 21 heavy (non-hydrogen) atoms. The van der Waals surface area contributed by atoms with Gasteiger partial charge in [-0.3, -0.25) is 10.1 Å². The van der Waals surface area contributed by atoms with Crippen LogP contribution in [-0.2, 0) is 6.54 Å². The Morgan fingerprint density at radius 3 is 2.81 bits per heavy atom. The summed E-state index contributed by atoms with van der Waals surface area (Å²) in [4.78, 5) is 15.0. The van der Waals surface area contributed by atoms with E-state index < -0.39 is 0 Å². The SMILES string of the molecule is CCNc1ccc([N+](=O)[O-])cc1Cn1ccnc1C(C)C. The average Bonchev–Trinajstić information content (AvgIpc) is 2.89. The molecule has 0 bridgehead atoms. The zero-order chi connectivity index (χ0) is 15.4. The van der Waals surface area contributed by atoms with Crippen molar-refractivity contribution < 1.29 is 4.92 Å². The molecule has 2 rings (SSSR count). The normalized spacial score (nSPS) is 10.9. The number of nitro groups is 1. The lowest BCUT2D eigenvalue weighted by Gasteiger charge is -2.14. The van der Waals surface area contributed by atoms with Gasteiger partial charge in [-0.2, -0.15) is 0 Å². The third kappa shape index (κ3) is 3.39. The van der Waals surface area contributed by atoms with Gasteiger partial charge >= 0.3 is 0 Å². The summed E-state index contributed by atoms with van der Waals surface area (Å²) in [5.41, 5.74) is 1.93. The third-order valence-electron chi connectivity index (χ3n) is 3.27. The first-order valence-electron chi connectivity index (χ1n) is 7.05. The predicted octanol–water partition coefficient (Wildman–Crippen LogP) is 3.39. The molecule has 6 nitrogen and oxygen atoms in total. The van der Waals surface area contributed by atoms with E-state index in [9.17, 15) is 10.1 Å². The Hall–Kier alpha value is -2.37. The monoisotopic (exact) mass is 288 g/mol. The van der Waals surface area contributed by atoms with E-state index in [1.54, 1.807) is 18.3 Å². The zero-order valence-corrected chi connectivity index (χ0v) is 12.5. The first-order chi connectivity index (χ1) is 10.0. The number of aromatic nitrogens is 2. The van der Waals surface area contributed by atoms with E-state index in [-0.39, 0.29) is 10.6 Å². The topological polar surface area (TPSA) is 73.0 Å². The number of rotatable bonds is 6. The van der Waals surface area contributed by atoms with Crippen molar-refractivity contribution in [3.8, 4) is 0 Å². The maximum Gasteiger partial charge on any atom is 0.269 e. The lowest BCUT2D eigenvalue weighted by Crippen LogP contribution is -2.09. The molecule has 0 radical (unpaired) electrons. The largest absolute Gasteiger partial charge is 0.385 e. The van der Waals surface area contributed by atoms with Crippen LogP contribution in [0.4, 0.5) is 11.4 Å². The van der Waals surface area contributed by atoms with Gasteiger partial charge in [0.2, 0.25) is 0 Å². The van der Waals surface area contributed by atoms with Crippen LogP contribution in [-0.4, -0.2) is 21.0 Å². The van der Waals surface area contributed by atoms with Crippen molar-refractivity contribution in [1.29, 1.82) is 0 Å². The summed E-state index contributed by atoms with van der Waals surface area (Å²) < 4.78 is 2.03. The highest BCUT2D eigenvalue weighted by molar-refractivity contribution is 5.56. The summed E-state index contributed by atoms with van der Waals surface area (Å²) in [5.74, 6) is 1.28. The molecule has 0 fully saturated rings. The highest BCUT2D eigenvalue weighted by Crippen LogP contribution is 2.24. The molecule has 112 valence electrons. The molecule has 0 aliphatic carbocycles. The van der Waals surface area contributed by atoms with Crippen molar-refractivity contribution >= 4 is 11.4 Å². The summed E-state index contributed by atoms with van der Waals surface area (Å²) in [5, 5.41) is 14.2. The molecule has 1 heterocycles. The number of benzene rings is 1. The van der Waals surface area contributed by atoms with Crippen molar-refractivity contribution in [3.63, 3.8) is 0 Å². The maximum atomic E-state index is 11.0. The van der Waals surface area contributed by atoms with Gasteiger partial charge in [0.25, 0.3) is 5.69 Å². The molecule has 0 saturated carbocycles. The van der Waals surface area contributed by atoms with Crippen LogP contribution in [0.5, 0.6) is 0 Å². The van der Waals surface area contributed by atoms with Gasteiger partial charge in [0.15, 0.2) is 0 Å². The van der Waals surface area contributed by atoms with Gasteiger partial charge in [-0.1, -0.05) is 13.8 Å². The van der Waals surface area contributed by atoms with E-state index in [2.05, 4.69) is 24.1 Å². The van der Waals surface area contributed by atoms with Crippen LogP contribution < -0.4 is 5.32 Å². The van der Waals surface area contributed by atoms with Crippen LogP contribution in [0.15, 0.2) is 30.6 Å². The minimum atomic E-state index is -0.365. The fraction of sp³-hybridized carbons (Fsp3) is 0.400. The van der Waals surface area contributed by atoms with Crippen LogP contribution in [0.2, 0.25) is 0 Å². The van der Waals surface area contributed by atoms with E-state index >= 15 is 0 Å². The van der Waals surface area contributed by atoms with E-state index in [4.69, 9.17) is 0 Å². The third-order valence-corrected chi connectivity index (χ3v) is 3.27. The lowest BCUT2D eigenvalue weighted by molar-refractivity contribution is -0.384. The van der Waals surface area contributed by atoms with E-state index in [0.717, 1.165) is 23.6 Å². The molecule has 2 aromatic rings. The predicted molar refractivity (Wildman–Crippen MR) is 82.7 cm³/mol. The van der Waals surface area contributed by atoms with E-state index in [0.29, 0.717) is 12.5 Å². The first kappa shape index (κ1) is 15.0. The minimum Gasteiger partial charge on any atom is -0.385 e. The molecular formula is C15H20N4O2. The molecule has 0 saturated heterocycles. The van der Waals surface area contributed by atoms with Crippen LogP contribution in [0, 0.1) is 10.1 Å². The second-order valence-corrected chi connectivity index (χ2v) is 5.20. The second kappa shape index (κ2) is 6.39. The number of nitrogens with zero attached hydrogens (tertiary/aromatic N) is 3. The van der Waals surface area contributed by atoms with Crippen LogP contribution in [0.3, 0.4) is 0 Å². The Kier molecular flexibility index (Phi) is 4.57. The number of hydrogen-bond acceptors (Lipinski definition) is 4. The molecule has 0 atom stereocenters. The molecule has 0 aliphatic rings. The number of hydrogen-bond donors (Lipinski definition) is 1. The fourth-order valence-electron chi connectivity index (χ4n) is 2.33. The number of imidazole rings is 1. The second-order valence-electron chi connectivity index (χ2n) is 5.20. The number of anilines is 1. The quantitative estimate of drug-likeness (QED) is 0.653. The molecule has 1 aromatic heterocycles. The summed E-state index contributed by atoms with van der Waals surface area (Å²) >= 11 is 0. The van der Waals surface area contributed by atoms with Gasteiger partial charge in [-0.15, -0.1) is 0 Å². The summed E-state index contributed by atoms with van der Waals surface area (Å²) in [6.45, 7) is 7.50. The maximum absolute atomic E-state index is 11.0. The lowest BCUT2D eigenvalue weighted by atomic mass is 10.1. The Balaban J connectivity index is 2.38. The van der Waals surface area contributed by atoms with Crippen molar-refractivity contribution in [2.45, 2.75) is 33.2 Å². The average molecular weight is 288 g/mol. The van der Waals surface area contributed by atoms with Gasteiger partial charge in [-0.25, -0.2) is 4.98 Å². The fourth-order valence-corrected chi connectivity index (χ4v) is 2.33. The van der Waals surface area contributed by atoms with Gasteiger partial charge < -0.3 is 9.88 Å². The molecule has 0 spiro atoms. The minimum absolute atomic E-state index is 0.109. The molecule has 6 heteroatoms. The Labute approximate surface area is 124 Å². The molecular weight excluding hydrogens is 268 g/mol. The number of nitro benzene ring substituents is 1. The van der Waals surface area contributed by atoms with Gasteiger partial charge in [0.1, 0.15) is 5.82 Å². The Morgan fingerprint density at radius 1 is 1.43 bits per heavy atom. The standard InChI is InChI=1S/C15H20N4O2/c1-4-16-14-6-5-13(19(20)21)9-12(14)10-18-8-7-17-15(18)11(2)3/h5-9,11,16H,4,10H2,1-3H3. The van der Waals surface area contributed by atoms with E-state index in [1.165, 1.54) is 6.07 Å². The zero-order valence-electron chi connectivity index (χ0n) is 12.5. The summed E-state index contributed by atoms with van der Waals surface area (Å²) in [6, 6.07) is 4.92. The summed E-state index contributed by atoms with van der Waals surface area (Å²) in [7, 11) is 0. The molecule has 0 amide bonds. The molecule has 0 unspecified atom stereocenters. The van der Waals surface area contributed by atoms with E-state index in [1.807, 2.05) is 17.7 Å². The molecule has 0 aliphatic heterocycles. The van der Waals surface area contributed by atoms with Crippen molar-refractivity contribution in [3.05, 3.63) is 52.1 Å². The van der Waals surface area contributed by atoms with Gasteiger partial charge in [-0.05, 0) is 13.0 Å².